The fraction of sp³-hybridized carbons (Fsp3) is 0.0588. The minimum atomic E-state index is 0.432. The number of nitrogens with zero attached hydrogens (tertiary/aromatic N) is 2. The van der Waals surface area contributed by atoms with Gasteiger partial charge in [0.25, 0.3) is 0 Å². The maximum atomic E-state index is 5.98. The maximum Gasteiger partial charge on any atom is 0.175 e. The highest BCUT2D eigenvalue weighted by Gasteiger charge is 2.04. The van der Waals surface area contributed by atoms with Crippen molar-refractivity contribution >= 4 is 67.8 Å². The molecule has 0 aliphatic rings. The Labute approximate surface area is 169 Å². The Bertz CT molecular complexity index is 876. The van der Waals surface area contributed by atoms with Gasteiger partial charge >= 0.3 is 0 Å². The van der Waals surface area contributed by atoms with Gasteiger partial charge in [-0.1, -0.05) is 51.3 Å². The van der Waals surface area contributed by atoms with E-state index in [-0.39, 0.29) is 0 Å². The molecule has 1 aromatic heterocycles. The fourth-order valence-electron chi connectivity index (χ4n) is 2.21. The summed E-state index contributed by atoms with van der Waals surface area (Å²) in [7, 11) is 0. The van der Waals surface area contributed by atoms with Crippen LogP contribution in [0.5, 0.6) is 0 Å². The van der Waals surface area contributed by atoms with Gasteiger partial charge in [-0.3, -0.25) is 4.68 Å². The summed E-state index contributed by atoms with van der Waals surface area (Å²) in [5.41, 5.74) is 2.67. The molecule has 0 unspecified atom stereocenters. The first-order valence-corrected chi connectivity index (χ1v) is 9.25. The Balaban J connectivity index is 1.60. The molecule has 0 amide bonds. The van der Waals surface area contributed by atoms with Crippen LogP contribution in [0.25, 0.3) is 0 Å². The third-order valence-electron chi connectivity index (χ3n) is 3.27. The van der Waals surface area contributed by atoms with Crippen LogP contribution < -0.4 is 10.6 Å². The highest BCUT2D eigenvalue weighted by molar-refractivity contribution is 9.10. The third kappa shape index (κ3) is 5.44. The second kappa shape index (κ2) is 8.19. The van der Waals surface area contributed by atoms with Crippen LogP contribution in [0.1, 0.15) is 5.56 Å². The highest BCUT2D eigenvalue weighted by atomic mass is 79.9. The fourth-order valence-corrected chi connectivity index (χ4v) is 3.24. The largest absolute Gasteiger partial charge is 0.332 e. The van der Waals surface area contributed by atoms with Gasteiger partial charge in [0, 0.05) is 26.4 Å². The van der Waals surface area contributed by atoms with E-state index >= 15 is 0 Å². The van der Waals surface area contributed by atoms with E-state index < -0.39 is 0 Å². The lowest BCUT2D eigenvalue weighted by atomic mass is 10.2. The van der Waals surface area contributed by atoms with Crippen LogP contribution in [0.4, 0.5) is 11.4 Å². The average molecular weight is 456 g/mol. The highest BCUT2D eigenvalue weighted by Crippen LogP contribution is 2.22. The zero-order valence-electron chi connectivity index (χ0n) is 12.8. The number of nitrogens with one attached hydrogen (secondary N) is 2. The molecule has 0 saturated heterocycles. The van der Waals surface area contributed by atoms with Crippen molar-refractivity contribution in [1.82, 2.24) is 9.78 Å². The summed E-state index contributed by atoms with van der Waals surface area (Å²) in [4.78, 5) is 0. The van der Waals surface area contributed by atoms with Gasteiger partial charge in [-0.05, 0) is 48.1 Å². The second-order valence-electron chi connectivity index (χ2n) is 5.29. The van der Waals surface area contributed by atoms with Gasteiger partial charge in [0.05, 0.1) is 18.4 Å². The van der Waals surface area contributed by atoms with Gasteiger partial charge < -0.3 is 10.6 Å². The zero-order chi connectivity index (χ0) is 17.8. The minimum absolute atomic E-state index is 0.432. The molecule has 0 saturated carbocycles. The summed E-state index contributed by atoms with van der Waals surface area (Å²) in [5, 5.41) is 12.0. The molecule has 2 N–H and O–H groups in total. The monoisotopic (exact) mass is 454 g/mol. The summed E-state index contributed by atoms with van der Waals surface area (Å²) in [6.45, 7) is 0.680. The molecule has 0 aliphatic carbocycles. The van der Waals surface area contributed by atoms with Gasteiger partial charge in [0.2, 0.25) is 0 Å². The summed E-state index contributed by atoms with van der Waals surface area (Å²) in [6.07, 6.45) is 3.61. The number of anilines is 2. The molecule has 1 heterocycles. The standard InChI is InChI=1S/C17H13BrCl2N4S/c18-12-3-1-11(2-4-12)9-24-10-16(8-21-24)23-17(25)22-15-6-13(19)5-14(20)7-15/h1-8,10H,9H2,(H2,22,23,25). The molecule has 25 heavy (non-hydrogen) atoms. The van der Waals surface area contributed by atoms with Gasteiger partial charge in [0.15, 0.2) is 5.11 Å². The summed E-state index contributed by atoms with van der Waals surface area (Å²) in [6, 6.07) is 13.3. The van der Waals surface area contributed by atoms with Gasteiger partial charge in [0.1, 0.15) is 0 Å². The molecule has 4 nitrogen and oxygen atoms in total. The van der Waals surface area contributed by atoms with Crippen molar-refractivity contribution in [3.8, 4) is 0 Å². The van der Waals surface area contributed by atoms with Crippen LogP contribution in [-0.2, 0) is 6.54 Å². The lowest BCUT2D eigenvalue weighted by Crippen LogP contribution is -2.18. The van der Waals surface area contributed by atoms with Crippen LogP contribution >= 0.6 is 51.3 Å². The number of hydrogen-bond donors (Lipinski definition) is 2. The van der Waals surface area contributed by atoms with Crippen molar-refractivity contribution in [3.63, 3.8) is 0 Å². The molecule has 2 aromatic carbocycles. The lowest BCUT2D eigenvalue weighted by molar-refractivity contribution is 0.687. The molecule has 0 bridgehead atoms. The van der Waals surface area contributed by atoms with Crippen LogP contribution in [0.3, 0.4) is 0 Å². The predicted octanol–water partition coefficient (Wildman–Crippen LogP) is 5.81. The number of halogens is 3. The van der Waals surface area contributed by atoms with E-state index in [2.05, 4.69) is 31.7 Å². The van der Waals surface area contributed by atoms with Gasteiger partial charge in [-0.25, -0.2) is 0 Å². The first-order valence-electron chi connectivity index (χ1n) is 7.29. The molecule has 0 spiro atoms. The molecule has 3 rings (SSSR count). The van der Waals surface area contributed by atoms with E-state index in [4.69, 9.17) is 35.4 Å². The Kier molecular flexibility index (Phi) is 5.96. The number of hydrogen-bond acceptors (Lipinski definition) is 2. The summed E-state index contributed by atoms with van der Waals surface area (Å²) >= 11 is 20.7. The Morgan fingerprint density at radius 2 is 1.68 bits per heavy atom. The molecule has 0 radical (unpaired) electrons. The van der Waals surface area contributed by atoms with Crippen molar-refractivity contribution in [2.24, 2.45) is 0 Å². The second-order valence-corrected chi connectivity index (χ2v) is 7.49. The molecule has 128 valence electrons. The summed E-state index contributed by atoms with van der Waals surface area (Å²) in [5.74, 6) is 0. The van der Waals surface area contributed by atoms with Crippen molar-refractivity contribution in [2.75, 3.05) is 10.6 Å². The van der Waals surface area contributed by atoms with E-state index in [9.17, 15) is 0 Å². The third-order valence-corrected chi connectivity index (χ3v) is 4.44. The number of thiocarbonyl (C=S) groups is 1. The van der Waals surface area contributed by atoms with Crippen molar-refractivity contribution < 1.29 is 0 Å². The molecule has 0 fully saturated rings. The van der Waals surface area contributed by atoms with Crippen molar-refractivity contribution in [3.05, 3.63) is 74.9 Å². The van der Waals surface area contributed by atoms with Crippen LogP contribution in [0.15, 0.2) is 59.3 Å². The summed E-state index contributed by atoms with van der Waals surface area (Å²) < 4.78 is 2.89. The van der Waals surface area contributed by atoms with Crippen LogP contribution in [0.2, 0.25) is 10.0 Å². The number of aromatic nitrogens is 2. The smallest absolute Gasteiger partial charge is 0.175 e. The number of benzene rings is 2. The molecule has 0 atom stereocenters. The van der Waals surface area contributed by atoms with E-state index in [0.717, 1.165) is 21.4 Å². The molecule has 8 heteroatoms. The van der Waals surface area contributed by atoms with E-state index in [1.54, 1.807) is 24.4 Å². The van der Waals surface area contributed by atoms with E-state index in [1.165, 1.54) is 0 Å². The van der Waals surface area contributed by atoms with Crippen molar-refractivity contribution in [1.29, 1.82) is 0 Å². The lowest BCUT2D eigenvalue weighted by Gasteiger charge is -2.09. The van der Waals surface area contributed by atoms with Crippen LogP contribution in [-0.4, -0.2) is 14.9 Å². The van der Waals surface area contributed by atoms with Crippen molar-refractivity contribution in [2.45, 2.75) is 6.54 Å². The predicted molar refractivity (Wildman–Crippen MR) is 112 cm³/mol. The molecule has 3 aromatic rings. The number of rotatable bonds is 4. The normalized spacial score (nSPS) is 10.5. The zero-order valence-corrected chi connectivity index (χ0v) is 16.8. The van der Waals surface area contributed by atoms with Crippen LogP contribution in [0, 0.1) is 0 Å². The first-order chi connectivity index (χ1) is 12.0. The van der Waals surface area contributed by atoms with E-state index in [1.807, 2.05) is 35.1 Å². The first kappa shape index (κ1) is 18.2. The Morgan fingerprint density at radius 1 is 1.04 bits per heavy atom. The van der Waals surface area contributed by atoms with E-state index in [0.29, 0.717) is 21.7 Å². The average Bonchev–Trinajstić information content (AvgIpc) is 2.95. The Hall–Kier alpha value is -1.60. The molecular weight excluding hydrogens is 443 g/mol. The SMILES string of the molecule is S=C(Nc1cc(Cl)cc(Cl)c1)Nc1cnn(Cc2ccc(Br)cc2)c1. The maximum absolute atomic E-state index is 5.98. The van der Waals surface area contributed by atoms with Gasteiger partial charge in [-0.2, -0.15) is 5.10 Å². The molecular formula is C17H13BrCl2N4S. The topological polar surface area (TPSA) is 41.9 Å². The quantitative estimate of drug-likeness (QED) is 0.487. The van der Waals surface area contributed by atoms with Gasteiger partial charge in [-0.15, -0.1) is 0 Å². The molecule has 0 aliphatic heterocycles. The minimum Gasteiger partial charge on any atom is -0.332 e. The Morgan fingerprint density at radius 3 is 2.36 bits per heavy atom.